The van der Waals surface area contributed by atoms with Crippen molar-refractivity contribution in [3.05, 3.63) is 144 Å². The molecule has 20 nitrogen and oxygen atoms in total. The summed E-state index contributed by atoms with van der Waals surface area (Å²) in [4.78, 5) is 3.31. The maximum atomic E-state index is 12.7. The van der Waals surface area contributed by atoms with Crippen molar-refractivity contribution in [2.45, 2.75) is 27.4 Å². The summed E-state index contributed by atoms with van der Waals surface area (Å²) in [5.74, 6) is -0.268. The van der Waals surface area contributed by atoms with Crippen LogP contribution in [0.1, 0.15) is 22.3 Å². The van der Waals surface area contributed by atoms with Gasteiger partial charge in [0.05, 0.1) is 21.0 Å². The molecule has 6 aromatic carbocycles. The van der Waals surface area contributed by atoms with Crippen molar-refractivity contribution in [3.63, 3.8) is 0 Å². The lowest BCUT2D eigenvalue weighted by Crippen LogP contribution is -2.05. The van der Waals surface area contributed by atoms with E-state index in [1.54, 1.807) is 12.1 Å². The third-order valence-corrected chi connectivity index (χ3v) is 14.6. The molecule has 0 unspecified atom stereocenters. The van der Waals surface area contributed by atoms with Crippen LogP contribution in [0.3, 0.4) is 0 Å². The summed E-state index contributed by atoms with van der Waals surface area (Å²) in [6.07, 6.45) is 0. The second-order valence-electron chi connectivity index (χ2n) is 15.0. The largest absolute Gasteiger partial charge is 0.444 e. The van der Waals surface area contributed by atoms with Gasteiger partial charge >= 0.3 is 0 Å². The number of nitrogens with one attached hydrogen (secondary N) is 3. The van der Waals surface area contributed by atoms with Crippen molar-refractivity contribution >= 4 is 118 Å². The molecule has 0 radical (unpaired) electrons. The summed E-state index contributed by atoms with van der Waals surface area (Å²) in [5, 5.41) is 47.3. The minimum absolute atomic E-state index is 0.00230. The van der Waals surface area contributed by atoms with E-state index < -0.39 is 50.7 Å². The summed E-state index contributed by atoms with van der Waals surface area (Å²) in [6.45, 7) is 1.54. The quantitative estimate of drug-likeness (QED) is 0.0335. The molecule has 0 amide bonds. The molecule has 8 aromatic rings. The summed E-state index contributed by atoms with van der Waals surface area (Å²) >= 11 is 0.891. The van der Waals surface area contributed by atoms with E-state index in [-0.39, 0.29) is 82.7 Å². The van der Waals surface area contributed by atoms with E-state index in [4.69, 9.17) is 4.78 Å². The Morgan fingerprint density at radius 2 is 1.24 bits per heavy atom. The normalized spacial score (nSPS) is 12.2. The van der Waals surface area contributed by atoms with E-state index in [0.29, 0.717) is 16.5 Å². The molecule has 0 saturated carbocycles. The average molecular weight is 1030 g/mol. The number of aromatic nitrogens is 1. The van der Waals surface area contributed by atoms with E-state index in [1.165, 1.54) is 49.4 Å². The van der Waals surface area contributed by atoms with Crippen molar-refractivity contribution in [3.8, 4) is 23.3 Å². The van der Waals surface area contributed by atoms with E-state index in [1.807, 2.05) is 36.4 Å². The van der Waals surface area contributed by atoms with Crippen LogP contribution >= 0.6 is 11.3 Å². The smallest absolute Gasteiger partial charge is 0.295 e. The molecular weight excluding hydrogens is 1000 g/mol. The molecule has 0 aliphatic rings. The molecule has 0 aliphatic carbocycles. The number of nitrogens with zero attached hydrogens (tertiary/aromatic N) is 7. The molecular formula is C45H31N10O10S5-. The predicted octanol–water partition coefficient (Wildman–Crippen LogP) is 11.5. The van der Waals surface area contributed by atoms with Gasteiger partial charge < -0.3 is 19.6 Å². The van der Waals surface area contributed by atoms with Crippen LogP contribution in [-0.4, -0.2) is 43.9 Å². The van der Waals surface area contributed by atoms with Crippen LogP contribution in [0, 0.1) is 34.4 Å². The number of benzene rings is 6. The standard InChI is InChI=1S/C45H31N10O10S5/c1-25-37(22-46)42(49-31-10-14-34(15-11-31)68(57,58)59)51-43(50-32-12-16-35(17-13-32)69(60,61)62)41(25)53-54-44-38(23-47)40(30-9-8-27-4-2-3-5-28(27)19-30)45(66-44)55-52-33-20-29-7-6-26(24-67(48)56)18-36(29)39(21-33)70(63,64)65/h2-21,48H,24H2,1H3,(H2,49,50,51)(H,57,58,59)(H,60,61,62)(H,63,64,65)/q-1. The fourth-order valence-corrected chi connectivity index (χ4v) is 10.2. The zero-order valence-electron chi connectivity index (χ0n) is 35.6. The minimum Gasteiger partial charge on any atom is -0.444 e. The van der Waals surface area contributed by atoms with E-state index in [0.717, 1.165) is 52.4 Å². The van der Waals surface area contributed by atoms with Crippen molar-refractivity contribution in [1.82, 2.24) is 4.98 Å². The molecule has 25 heteroatoms. The van der Waals surface area contributed by atoms with Gasteiger partial charge in [-0.1, -0.05) is 77.3 Å². The lowest BCUT2D eigenvalue weighted by molar-refractivity contribution is 0.481. The van der Waals surface area contributed by atoms with Crippen LogP contribution in [0.2, 0.25) is 0 Å². The number of azo groups is 2. The van der Waals surface area contributed by atoms with E-state index >= 15 is 0 Å². The van der Waals surface area contributed by atoms with Crippen molar-refractivity contribution < 1.29 is 43.1 Å². The first-order valence-electron chi connectivity index (χ1n) is 19.9. The topological polar surface area (TPSA) is 338 Å². The van der Waals surface area contributed by atoms with Gasteiger partial charge in [0.2, 0.25) is 0 Å². The van der Waals surface area contributed by atoms with Gasteiger partial charge in [-0.05, 0) is 95.4 Å². The van der Waals surface area contributed by atoms with E-state index in [9.17, 15) is 53.6 Å². The molecule has 0 fully saturated rings. The van der Waals surface area contributed by atoms with Gasteiger partial charge in [0.25, 0.3) is 30.4 Å². The molecule has 0 atom stereocenters. The maximum absolute atomic E-state index is 12.7. The second kappa shape index (κ2) is 19.3. The van der Waals surface area contributed by atoms with Gasteiger partial charge in [0.15, 0.2) is 16.6 Å². The number of hydrogen-bond acceptors (Lipinski definition) is 19. The first kappa shape index (κ1) is 48.6. The SMILES string of the molecule is Cc1c(C#N)c(Nc2ccc(S(=O)(=O)O)cc2)nc(Nc2ccc(S(=O)(=O)O)cc2)c1N=Nc1sc(N=Nc2cc(S(=O)(=O)O)c3cc(C[S-](=N)=O)ccc3c2)c(-c2ccc3ccccc3c2)c1C#N. The van der Waals surface area contributed by atoms with Crippen molar-refractivity contribution in [1.29, 1.82) is 15.3 Å². The van der Waals surface area contributed by atoms with Gasteiger partial charge in [-0.3, -0.25) is 13.7 Å². The Bertz CT molecular complexity index is 4030. The number of pyridine rings is 1. The molecule has 0 saturated heterocycles. The minimum atomic E-state index is -4.85. The highest BCUT2D eigenvalue weighted by atomic mass is 32.2. The van der Waals surface area contributed by atoms with Gasteiger partial charge in [-0.2, -0.15) is 46.4 Å². The summed E-state index contributed by atoms with van der Waals surface area (Å²) < 4.78 is 121. The van der Waals surface area contributed by atoms with Crippen LogP contribution in [0.15, 0.2) is 156 Å². The van der Waals surface area contributed by atoms with E-state index in [2.05, 4.69) is 48.2 Å². The van der Waals surface area contributed by atoms with Crippen LogP contribution in [-0.2, 0) is 50.9 Å². The number of thiophene rings is 1. The Kier molecular flexibility index (Phi) is 13.4. The Morgan fingerprint density at radius 3 is 1.83 bits per heavy atom. The van der Waals surface area contributed by atoms with Crippen LogP contribution < -0.4 is 10.6 Å². The van der Waals surface area contributed by atoms with Crippen LogP contribution in [0.4, 0.5) is 44.4 Å². The monoisotopic (exact) mass is 1030 g/mol. The van der Waals surface area contributed by atoms with Gasteiger partial charge in [-0.25, -0.2) is 4.98 Å². The third kappa shape index (κ3) is 10.6. The predicted molar refractivity (Wildman–Crippen MR) is 261 cm³/mol. The average Bonchev–Trinajstić information content (AvgIpc) is 3.66. The van der Waals surface area contributed by atoms with Crippen molar-refractivity contribution in [2.24, 2.45) is 20.5 Å². The fraction of sp³-hybridized carbons (Fsp3) is 0.0444. The molecule has 8 rings (SSSR count). The Labute approximate surface area is 404 Å². The molecule has 2 aromatic heterocycles. The number of rotatable bonds is 14. The maximum Gasteiger partial charge on any atom is 0.295 e. The summed E-state index contributed by atoms with van der Waals surface area (Å²) in [6, 6.07) is 34.1. The first-order chi connectivity index (χ1) is 33.2. The summed E-state index contributed by atoms with van der Waals surface area (Å²) in [5.41, 5.74) is 1.84. The highest BCUT2D eigenvalue weighted by Gasteiger charge is 2.24. The molecule has 352 valence electrons. The number of hydrogen-bond donors (Lipinski definition) is 6. The third-order valence-electron chi connectivity index (χ3n) is 10.4. The lowest BCUT2D eigenvalue weighted by Gasteiger charge is -2.16. The highest BCUT2D eigenvalue weighted by molar-refractivity contribution is 7.86. The Hall–Kier alpha value is -7.85. The highest BCUT2D eigenvalue weighted by Crippen LogP contribution is 2.49. The van der Waals surface area contributed by atoms with Gasteiger partial charge in [-0.15, -0.1) is 20.5 Å². The lowest BCUT2D eigenvalue weighted by atomic mass is 10.00. The number of fused-ring (bicyclic) bond motifs is 2. The Balaban J connectivity index is 1.27. The summed E-state index contributed by atoms with van der Waals surface area (Å²) in [7, 11) is -15.9. The Morgan fingerprint density at radius 1 is 0.657 bits per heavy atom. The molecule has 6 N–H and O–H groups in total. The zero-order chi connectivity index (χ0) is 50.1. The van der Waals surface area contributed by atoms with Gasteiger partial charge in [0.1, 0.15) is 33.3 Å². The molecule has 0 aliphatic heterocycles. The zero-order valence-corrected chi connectivity index (χ0v) is 39.7. The second-order valence-corrected chi connectivity index (χ2v) is 21.2. The molecule has 0 spiro atoms. The van der Waals surface area contributed by atoms with Crippen molar-refractivity contribution in [2.75, 3.05) is 10.6 Å². The van der Waals surface area contributed by atoms with Crippen LogP contribution in [0.5, 0.6) is 0 Å². The molecule has 0 bridgehead atoms. The fourth-order valence-electron chi connectivity index (χ4n) is 7.16. The van der Waals surface area contributed by atoms with Crippen LogP contribution in [0.25, 0.3) is 32.7 Å². The molecule has 2 heterocycles. The first-order valence-corrected chi connectivity index (χ1v) is 26.3. The van der Waals surface area contributed by atoms with Gasteiger partial charge in [0, 0.05) is 27.9 Å². The number of nitriles is 2. The number of anilines is 4. The molecule has 70 heavy (non-hydrogen) atoms.